The predicted octanol–water partition coefficient (Wildman–Crippen LogP) is 2.96. The van der Waals surface area contributed by atoms with Crippen LogP contribution in [0.2, 0.25) is 0 Å². The summed E-state index contributed by atoms with van der Waals surface area (Å²) < 4.78 is 0. The molecule has 1 aromatic carbocycles. The van der Waals surface area contributed by atoms with E-state index < -0.39 is 0 Å². The van der Waals surface area contributed by atoms with Crippen LogP contribution in [0.25, 0.3) is 0 Å². The van der Waals surface area contributed by atoms with Crippen molar-refractivity contribution in [2.45, 2.75) is 38.5 Å². The van der Waals surface area contributed by atoms with E-state index in [0.717, 1.165) is 12.3 Å². The normalized spacial score (nSPS) is 15.1. The standard InChI is InChI=1S/C16H22N2O2/c1-17-16(20)13-7-4-8-14(11-13)18-15(19)10-9-12-5-2-3-6-12/h4,7-8,11-12H,2-3,5-6,9-10H2,1H3,(H,17,20)(H,18,19). The molecule has 0 radical (unpaired) electrons. The maximum Gasteiger partial charge on any atom is 0.251 e. The Labute approximate surface area is 119 Å². The Bertz CT molecular complexity index is 479. The van der Waals surface area contributed by atoms with Crippen LogP contribution in [-0.2, 0) is 4.79 Å². The maximum absolute atomic E-state index is 11.9. The van der Waals surface area contributed by atoms with Crippen molar-refractivity contribution in [2.75, 3.05) is 12.4 Å². The van der Waals surface area contributed by atoms with Crippen molar-refractivity contribution in [3.8, 4) is 0 Å². The Morgan fingerprint density at radius 1 is 1.25 bits per heavy atom. The number of nitrogens with one attached hydrogen (secondary N) is 2. The van der Waals surface area contributed by atoms with Gasteiger partial charge in [-0.25, -0.2) is 0 Å². The van der Waals surface area contributed by atoms with Crippen molar-refractivity contribution in [2.24, 2.45) is 5.92 Å². The average molecular weight is 274 g/mol. The molecule has 0 saturated heterocycles. The molecular weight excluding hydrogens is 252 g/mol. The molecule has 0 bridgehead atoms. The first-order valence-electron chi connectivity index (χ1n) is 7.31. The highest BCUT2D eigenvalue weighted by molar-refractivity contribution is 5.97. The number of anilines is 1. The van der Waals surface area contributed by atoms with E-state index in [4.69, 9.17) is 0 Å². The lowest BCUT2D eigenvalue weighted by Gasteiger charge is -2.10. The van der Waals surface area contributed by atoms with Crippen molar-refractivity contribution in [1.82, 2.24) is 5.32 Å². The SMILES string of the molecule is CNC(=O)c1cccc(NC(=O)CCC2CCCC2)c1. The van der Waals surface area contributed by atoms with Gasteiger partial charge in [-0.15, -0.1) is 0 Å². The molecule has 1 aliphatic carbocycles. The zero-order chi connectivity index (χ0) is 14.4. The zero-order valence-electron chi connectivity index (χ0n) is 11.9. The summed E-state index contributed by atoms with van der Waals surface area (Å²) in [4.78, 5) is 23.4. The Kier molecular flexibility index (Phi) is 5.16. The summed E-state index contributed by atoms with van der Waals surface area (Å²) in [5, 5.41) is 5.44. The second-order valence-corrected chi connectivity index (χ2v) is 5.40. The van der Waals surface area contributed by atoms with E-state index in [9.17, 15) is 9.59 Å². The van der Waals surface area contributed by atoms with Crippen molar-refractivity contribution in [3.05, 3.63) is 29.8 Å². The first kappa shape index (κ1) is 14.6. The molecule has 20 heavy (non-hydrogen) atoms. The molecule has 0 unspecified atom stereocenters. The van der Waals surface area contributed by atoms with Crippen LogP contribution in [0.4, 0.5) is 5.69 Å². The van der Waals surface area contributed by atoms with Gasteiger partial charge in [0.25, 0.3) is 5.91 Å². The Morgan fingerprint density at radius 2 is 2.00 bits per heavy atom. The van der Waals surface area contributed by atoms with Crippen LogP contribution in [0.3, 0.4) is 0 Å². The summed E-state index contributed by atoms with van der Waals surface area (Å²) in [7, 11) is 1.59. The monoisotopic (exact) mass is 274 g/mol. The number of benzene rings is 1. The van der Waals surface area contributed by atoms with Crippen LogP contribution >= 0.6 is 0 Å². The van der Waals surface area contributed by atoms with Crippen LogP contribution in [0.1, 0.15) is 48.9 Å². The fraction of sp³-hybridized carbons (Fsp3) is 0.500. The quantitative estimate of drug-likeness (QED) is 0.867. The lowest BCUT2D eigenvalue weighted by Crippen LogP contribution is -2.18. The average Bonchev–Trinajstić information content (AvgIpc) is 2.98. The minimum absolute atomic E-state index is 0.0333. The van der Waals surface area contributed by atoms with Gasteiger partial charge in [-0.1, -0.05) is 31.7 Å². The molecule has 108 valence electrons. The molecule has 1 saturated carbocycles. The van der Waals surface area contributed by atoms with Crippen molar-refractivity contribution in [3.63, 3.8) is 0 Å². The third-order valence-corrected chi connectivity index (χ3v) is 3.89. The van der Waals surface area contributed by atoms with Crippen LogP contribution in [-0.4, -0.2) is 18.9 Å². The van der Waals surface area contributed by atoms with E-state index in [2.05, 4.69) is 10.6 Å². The highest BCUT2D eigenvalue weighted by Gasteiger charge is 2.16. The highest BCUT2D eigenvalue weighted by Crippen LogP contribution is 2.28. The van der Waals surface area contributed by atoms with Gasteiger partial charge in [0.15, 0.2) is 0 Å². The fourth-order valence-electron chi connectivity index (χ4n) is 2.74. The van der Waals surface area contributed by atoms with E-state index in [0.29, 0.717) is 17.7 Å². The number of amides is 2. The summed E-state index contributed by atoms with van der Waals surface area (Å²) in [5.41, 5.74) is 1.24. The number of rotatable bonds is 5. The lowest BCUT2D eigenvalue weighted by molar-refractivity contribution is -0.116. The van der Waals surface area contributed by atoms with Gasteiger partial charge in [0, 0.05) is 24.7 Å². The van der Waals surface area contributed by atoms with E-state index in [1.807, 2.05) is 0 Å². The summed E-state index contributed by atoms with van der Waals surface area (Å²) in [5.74, 6) is 0.607. The first-order chi connectivity index (χ1) is 9.69. The number of carbonyl (C=O) groups is 2. The minimum Gasteiger partial charge on any atom is -0.355 e. The van der Waals surface area contributed by atoms with Crippen LogP contribution in [0, 0.1) is 5.92 Å². The van der Waals surface area contributed by atoms with Crippen molar-refractivity contribution < 1.29 is 9.59 Å². The van der Waals surface area contributed by atoms with Gasteiger partial charge in [-0.2, -0.15) is 0 Å². The topological polar surface area (TPSA) is 58.2 Å². The van der Waals surface area contributed by atoms with E-state index in [1.165, 1.54) is 25.7 Å². The van der Waals surface area contributed by atoms with E-state index >= 15 is 0 Å². The first-order valence-corrected chi connectivity index (χ1v) is 7.31. The third-order valence-electron chi connectivity index (χ3n) is 3.89. The molecule has 0 spiro atoms. The Morgan fingerprint density at radius 3 is 2.70 bits per heavy atom. The molecule has 0 aliphatic heterocycles. The highest BCUT2D eigenvalue weighted by atomic mass is 16.2. The molecule has 1 aliphatic rings. The second kappa shape index (κ2) is 7.08. The molecule has 0 atom stereocenters. The van der Waals surface area contributed by atoms with Gasteiger partial charge >= 0.3 is 0 Å². The summed E-state index contributed by atoms with van der Waals surface area (Å²) >= 11 is 0. The molecular formula is C16H22N2O2. The minimum atomic E-state index is -0.146. The van der Waals surface area contributed by atoms with Gasteiger partial charge in [0.1, 0.15) is 0 Å². The Hall–Kier alpha value is -1.84. The molecule has 2 N–H and O–H groups in total. The van der Waals surface area contributed by atoms with Gasteiger partial charge in [0.2, 0.25) is 5.91 Å². The molecule has 2 amide bonds. The maximum atomic E-state index is 11.9. The van der Waals surface area contributed by atoms with Gasteiger partial charge in [-0.05, 0) is 30.5 Å². The molecule has 1 aromatic rings. The fourth-order valence-corrected chi connectivity index (χ4v) is 2.74. The van der Waals surface area contributed by atoms with Gasteiger partial charge in [-0.3, -0.25) is 9.59 Å². The summed E-state index contributed by atoms with van der Waals surface area (Å²) in [6, 6.07) is 7.01. The molecule has 4 heteroatoms. The second-order valence-electron chi connectivity index (χ2n) is 5.40. The summed E-state index contributed by atoms with van der Waals surface area (Å²) in [6.07, 6.45) is 6.68. The van der Waals surface area contributed by atoms with E-state index in [-0.39, 0.29) is 11.8 Å². The largest absolute Gasteiger partial charge is 0.355 e. The molecule has 1 fully saturated rings. The van der Waals surface area contributed by atoms with Crippen molar-refractivity contribution >= 4 is 17.5 Å². The summed E-state index contributed by atoms with van der Waals surface area (Å²) in [6.45, 7) is 0. The lowest BCUT2D eigenvalue weighted by atomic mass is 10.0. The molecule has 0 heterocycles. The van der Waals surface area contributed by atoms with Crippen molar-refractivity contribution in [1.29, 1.82) is 0 Å². The van der Waals surface area contributed by atoms with E-state index in [1.54, 1.807) is 31.3 Å². The molecule has 0 aromatic heterocycles. The number of carbonyl (C=O) groups excluding carboxylic acids is 2. The van der Waals surface area contributed by atoms with Crippen LogP contribution in [0.15, 0.2) is 24.3 Å². The van der Waals surface area contributed by atoms with Crippen LogP contribution in [0.5, 0.6) is 0 Å². The van der Waals surface area contributed by atoms with Gasteiger partial charge in [0.05, 0.1) is 0 Å². The number of hydrogen-bond acceptors (Lipinski definition) is 2. The zero-order valence-corrected chi connectivity index (χ0v) is 11.9. The smallest absolute Gasteiger partial charge is 0.251 e. The number of hydrogen-bond donors (Lipinski definition) is 2. The predicted molar refractivity (Wildman–Crippen MR) is 79.7 cm³/mol. The molecule has 2 rings (SSSR count). The Balaban J connectivity index is 1.85. The van der Waals surface area contributed by atoms with Crippen LogP contribution < -0.4 is 10.6 Å². The third kappa shape index (κ3) is 4.08. The van der Waals surface area contributed by atoms with Gasteiger partial charge < -0.3 is 10.6 Å². The molecule has 4 nitrogen and oxygen atoms in total.